The molecule has 0 aliphatic heterocycles. The van der Waals surface area contributed by atoms with Gasteiger partial charge >= 0.3 is 0 Å². The molecule has 0 fully saturated rings. The number of benzene rings is 1. The third-order valence-corrected chi connectivity index (χ3v) is 3.75. The average Bonchev–Trinajstić information content (AvgIpc) is 2.82. The topological polar surface area (TPSA) is 42.7 Å². The summed E-state index contributed by atoms with van der Waals surface area (Å²) in [4.78, 5) is 8.88. The van der Waals surface area contributed by atoms with E-state index in [-0.39, 0.29) is 0 Å². The minimum absolute atomic E-state index is 0.689. The molecule has 0 bridgehead atoms. The molecule has 4 nitrogen and oxygen atoms in total. The van der Waals surface area contributed by atoms with Gasteiger partial charge in [-0.2, -0.15) is 0 Å². The van der Waals surface area contributed by atoms with Crippen LogP contribution in [0.15, 0.2) is 41.1 Å². The number of aromatic nitrogens is 3. The molecule has 0 aliphatic rings. The van der Waals surface area contributed by atoms with Crippen LogP contribution in [0.1, 0.15) is 11.5 Å². The van der Waals surface area contributed by atoms with Crippen molar-refractivity contribution in [2.24, 2.45) is 7.05 Å². The molecule has 1 aromatic carbocycles. The van der Waals surface area contributed by atoms with Crippen LogP contribution in [0, 0.1) is 6.92 Å². The molecule has 0 spiro atoms. The maximum absolute atomic E-state index is 4.56. The molecule has 0 unspecified atom stereocenters. The molecule has 3 rings (SSSR count). The van der Waals surface area contributed by atoms with Gasteiger partial charge in [0.05, 0.1) is 12.1 Å². The molecule has 0 radical (unpaired) electrons. The van der Waals surface area contributed by atoms with E-state index in [0.29, 0.717) is 6.54 Å². The number of fused-ring (bicyclic) bond motifs is 1. The maximum atomic E-state index is 4.56. The Labute approximate surface area is 126 Å². The highest BCUT2D eigenvalue weighted by Crippen LogP contribution is 2.26. The van der Waals surface area contributed by atoms with E-state index in [4.69, 9.17) is 0 Å². The smallest absolute Gasteiger partial charge is 0.127 e. The Hall–Kier alpha value is -1.88. The van der Waals surface area contributed by atoms with Crippen molar-refractivity contribution in [3.05, 3.63) is 52.7 Å². The van der Waals surface area contributed by atoms with Crippen molar-refractivity contribution in [3.63, 3.8) is 0 Å². The molecule has 2 heterocycles. The minimum Gasteiger partial charge on any atom is -0.377 e. The summed E-state index contributed by atoms with van der Waals surface area (Å²) in [5.41, 5.74) is 3.08. The van der Waals surface area contributed by atoms with E-state index >= 15 is 0 Å². The Balaban J connectivity index is 1.98. The quantitative estimate of drug-likeness (QED) is 0.797. The number of hydrogen-bond acceptors (Lipinski definition) is 3. The van der Waals surface area contributed by atoms with Crippen molar-refractivity contribution >= 4 is 32.5 Å². The Morgan fingerprint density at radius 1 is 1.30 bits per heavy atom. The molecule has 0 saturated carbocycles. The largest absolute Gasteiger partial charge is 0.377 e. The fraction of sp³-hybridized carbons (Fsp3) is 0.200. The molecule has 0 aliphatic carbocycles. The molecular formula is C15H15BrN4. The molecule has 0 amide bonds. The van der Waals surface area contributed by atoms with Gasteiger partial charge in [-0.15, -0.1) is 0 Å². The third-order valence-electron chi connectivity index (χ3n) is 3.26. The number of nitrogens with one attached hydrogen (secondary N) is 1. The molecule has 3 aromatic rings. The predicted octanol–water partition coefficient (Wildman–Crippen LogP) is 3.65. The number of hydrogen-bond donors (Lipinski definition) is 1. The van der Waals surface area contributed by atoms with E-state index < -0.39 is 0 Å². The monoisotopic (exact) mass is 330 g/mol. The first-order chi connectivity index (χ1) is 9.63. The molecule has 0 saturated heterocycles. The fourth-order valence-electron chi connectivity index (χ4n) is 2.22. The van der Waals surface area contributed by atoms with E-state index in [2.05, 4.69) is 43.3 Å². The minimum atomic E-state index is 0.689. The van der Waals surface area contributed by atoms with Crippen LogP contribution in [-0.2, 0) is 13.6 Å². The molecule has 0 atom stereocenters. The summed E-state index contributed by atoms with van der Waals surface area (Å²) in [6.07, 6.45) is 3.76. The van der Waals surface area contributed by atoms with Crippen LogP contribution < -0.4 is 5.32 Å². The van der Waals surface area contributed by atoms with Crippen LogP contribution in [0.2, 0.25) is 0 Å². The summed E-state index contributed by atoms with van der Waals surface area (Å²) in [6, 6.07) is 8.19. The number of anilines is 1. The maximum Gasteiger partial charge on any atom is 0.127 e. The van der Waals surface area contributed by atoms with Gasteiger partial charge in [0, 0.05) is 40.7 Å². The van der Waals surface area contributed by atoms with Gasteiger partial charge in [0.15, 0.2) is 0 Å². The molecule has 1 N–H and O–H groups in total. The van der Waals surface area contributed by atoms with Crippen molar-refractivity contribution in [1.82, 2.24) is 14.5 Å². The summed E-state index contributed by atoms with van der Waals surface area (Å²) in [6.45, 7) is 2.70. The van der Waals surface area contributed by atoms with Gasteiger partial charge in [0.1, 0.15) is 5.82 Å². The zero-order valence-corrected chi connectivity index (χ0v) is 13.0. The zero-order chi connectivity index (χ0) is 14.1. The van der Waals surface area contributed by atoms with Gasteiger partial charge in [0.2, 0.25) is 0 Å². The molecule has 5 heteroatoms. The highest BCUT2D eigenvalue weighted by atomic mass is 79.9. The lowest BCUT2D eigenvalue weighted by atomic mass is 10.1. The molecular weight excluding hydrogens is 316 g/mol. The summed E-state index contributed by atoms with van der Waals surface area (Å²) < 4.78 is 3.06. The average molecular weight is 331 g/mol. The van der Waals surface area contributed by atoms with Crippen LogP contribution in [0.5, 0.6) is 0 Å². The lowest BCUT2D eigenvalue weighted by Crippen LogP contribution is -2.06. The third kappa shape index (κ3) is 2.54. The zero-order valence-electron chi connectivity index (χ0n) is 11.4. The number of pyridine rings is 1. The van der Waals surface area contributed by atoms with Gasteiger partial charge in [-0.3, -0.25) is 4.98 Å². The van der Waals surface area contributed by atoms with Gasteiger partial charge in [0.25, 0.3) is 0 Å². The van der Waals surface area contributed by atoms with Crippen LogP contribution in [0.4, 0.5) is 5.69 Å². The van der Waals surface area contributed by atoms with Crippen molar-refractivity contribution in [2.75, 3.05) is 5.32 Å². The number of nitrogens with zero attached hydrogens (tertiary/aromatic N) is 3. The van der Waals surface area contributed by atoms with Crippen molar-refractivity contribution in [2.45, 2.75) is 13.5 Å². The van der Waals surface area contributed by atoms with Crippen molar-refractivity contribution in [3.8, 4) is 0 Å². The SMILES string of the molecule is Cc1cc(NCc2nccn2C)c2cc(Br)ccc2n1. The summed E-state index contributed by atoms with van der Waals surface area (Å²) in [5, 5.41) is 4.57. The van der Waals surface area contributed by atoms with E-state index in [1.165, 1.54) is 0 Å². The first kappa shape index (κ1) is 13.1. The standard InChI is InChI=1S/C15H15BrN4/c1-10-7-14(18-9-15-17-5-6-20(15)2)12-8-11(16)3-4-13(12)19-10/h3-8H,9H2,1-2H3,(H,18,19). The van der Waals surface area contributed by atoms with E-state index in [1.807, 2.05) is 43.1 Å². The Morgan fingerprint density at radius 2 is 2.15 bits per heavy atom. The van der Waals surface area contributed by atoms with Crippen LogP contribution in [0.25, 0.3) is 10.9 Å². The van der Waals surface area contributed by atoms with Gasteiger partial charge in [-0.25, -0.2) is 4.98 Å². The number of halogens is 1. The van der Waals surface area contributed by atoms with Crippen LogP contribution in [0.3, 0.4) is 0 Å². The number of aryl methyl sites for hydroxylation is 2. The summed E-state index contributed by atoms with van der Waals surface area (Å²) >= 11 is 3.51. The molecule has 20 heavy (non-hydrogen) atoms. The summed E-state index contributed by atoms with van der Waals surface area (Å²) in [7, 11) is 2.00. The van der Waals surface area contributed by atoms with E-state index in [1.54, 1.807) is 0 Å². The second-order valence-corrected chi connectivity index (χ2v) is 5.70. The second-order valence-electron chi connectivity index (χ2n) is 4.78. The first-order valence-electron chi connectivity index (χ1n) is 6.40. The van der Waals surface area contributed by atoms with Crippen LogP contribution in [-0.4, -0.2) is 14.5 Å². The fourth-order valence-corrected chi connectivity index (χ4v) is 2.58. The molecule has 102 valence electrons. The number of imidazole rings is 1. The lowest BCUT2D eigenvalue weighted by molar-refractivity contribution is 0.813. The lowest BCUT2D eigenvalue weighted by Gasteiger charge is -2.11. The van der Waals surface area contributed by atoms with Crippen molar-refractivity contribution < 1.29 is 0 Å². The highest BCUT2D eigenvalue weighted by molar-refractivity contribution is 9.10. The van der Waals surface area contributed by atoms with Gasteiger partial charge in [-0.05, 0) is 31.2 Å². The molecule has 2 aromatic heterocycles. The highest BCUT2D eigenvalue weighted by Gasteiger charge is 2.06. The van der Waals surface area contributed by atoms with Gasteiger partial charge in [-0.1, -0.05) is 15.9 Å². The summed E-state index contributed by atoms with van der Waals surface area (Å²) in [5.74, 6) is 1.00. The Bertz CT molecular complexity index is 764. The first-order valence-corrected chi connectivity index (χ1v) is 7.20. The van der Waals surface area contributed by atoms with Crippen LogP contribution >= 0.6 is 15.9 Å². The van der Waals surface area contributed by atoms with Gasteiger partial charge < -0.3 is 9.88 Å². The Kier molecular flexibility index (Phi) is 3.44. The van der Waals surface area contributed by atoms with E-state index in [9.17, 15) is 0 Å². The second kappa shape index (κ2) is 5.25. The predicted molar refractivity (Wildman–Crippen MR) is 84.7 cm³/mol. The normalized spacial score (nSPS) is 10.9. The van der Waals surface area contributed by atoms with Crippen molar-refractivity contribution in [1.29, 1.82) is 0 Å². The Morgan fingerprint density at radius 3 is 2.90 bits per heavy atom. The van der Waals surface area contributed by atoms with E-state index in [0.717, 1.165) is 32.6 Å². The number of rotatable bonds is 3.